The zero-order valence-electron chi connectivity index (χ0n) is 19.5. The van der Waals surface area contributed by atoms with Gasteiger partial charge in [0.1, 0.15) is 23.9 Å². The number of amides is 3. The Morgan fingerprint density at radius 2 is 1.57 bits per heavy atom. The number of aromatic hydroxyl groups is 1. The third-order valence-corrected chi connectivity index (χ3v) is 5.53. The SMILES string of the molecule is CC(O)C(NC(=O)C(CS)NC(=O)C(N)Cc1ccc(O)cc1)C(=O)NC(CCCCN)C(=O)O. The summed E-state index contributed by atoms with van der Waals surface area (Å²) in [5, 5.41) is 35.8. The number of carbonyl (C=O) groups excluding carboxylic acids is 3. The molecule has 3 amide bonds. The predicted octanol–water partition coefficient (Wildman–Crippen LogP) is -1.76. The number of hydrogen-bond donors (Lipinski definition) is 9. The molecule has 5 unspecified atom stereocenters. The van der Waals surface area contributed by atoms with Crippen molar-refractivity contribution in [1.82, 2.24) is 16.0 Å². The van der Waals surface area contributed by atoms with Gasteiger partial charge in [-0.05, 0) is 56.8 Å². The molecule has 13 heteroatoms. The Labute approximate surface area is 209 Å². The number of carbonyl (C=O) groups is 4. The van der Waals surface area contributed by atoms with Crippen LogP contribution in [0.4, 0.5) is 0 Å². The molecule has 196 valence electrons. The van der Waals surface area contributed by atoms with Gasteiger partial charge in [0.05, 0.1) is 12.1 Å². The smallest absolute Gasteiger partial charge is 0.326 e. The van der Waals surface area contributed by atoms with Crippen molar-refractivity contribution in [3.63, 3.8) is 0 Å². The number of nitrogens with two attached hydrogens (primary N) is 2. The largest absolute Gasteiger partial charge is 0.508 e. The summed E-state index contributed by atoms with van der Waals surface area (Å²) >= 11 is 4.07. The fraction of sp³-hybridized carbons (Fsp3) is 0.545. The Hall–Kier alpha value is -2.87. The van der Waals surface area contributed by atoms with E-state index in [1.807, 2.05) is 0 Å². The van der Waals surface area contributed by atoms with Gasteiger partial charge in [-0.25, -0.2) is 4.79 Å². The second kappa shape index (κ2) is 15.2. The summed E-state index contributed by atoms with van der Waals surface area (Å²) in [6, 6.07) is 1.27. The van der Waals surface area contributed by atoms with E-state index in [2.05, 4.69) is 28.6 Å². The van der Waals surface area contributed by atoms with Gasteiger partial charge in [0.15, 0.2) is 0 Å². The minimum Gasteiger partial charge on any atom is -0.508 e. The molecule has 0 bridgehead atoms. The number of carboxylic acids is 1. The van der Waals surface area contributed by atoms with E-state index >= 15 is 0 Å². The molecule has 0 aliphatic heterocycles. The maximum Gasteiger partial charge on any atom is 0.326 e. The highest BCUT2D eigenvalue weighted by atomic mass is 32.1. The van der Waals surface area contributed by atoms with E-state index in [1.54, 1.807) is 12.1 Å². The van der Waals surface area contributed by atoms with Crippen LogP contribution in [0.2, 0.25) is 0 Å². The van der Waals surface area contributed by atoms with E-state index in [-0.39, 0.29) is 24.3 Å². The van der Waals surface area contributed by atoms with Gasteiger partial charge in [-0.15, -0.1) is 0 Å². The minimum absolute atomic E-state index is 0.0699. The van der Waals surface area contributed by atoms with Crippen molar-refractivity contribution < 1.29 is 34.5 Å². The van der Waals surface area contributed by atoms with Crippen molar-refractivity contribution >= 4 is 36.3 Å². The third-order valence-electron chi connectivity index (χ3n) is 5.17. The number of benzene rings is 1. The predicted molar refractivity (Wildman–Crippen MR) is 132 cm³/mol. The maximum absolute atomic E-state index is 12.7. The summed E-state index contributed by atoms with van der Waals surface area (Å²) < 4.78 is 0. The van der Waals surface area contributed by atoms with Crippen LogP contribution < -0.4 is 27.4 Å². The first-order valence-electron chi connectivity index (χ1n) is 11.2. The highest BCUT2D eigenvalue weighted by Crippen LogP contribution is 2.11. The molecule has 1 rings (SSSR count). The van der Waals surface area contributed by atoms with Crippen molar-refractivity contribution in [1.29, 1.82) is 0 Å². The van der Waals surface area contributed by atoms with Crippen LogP contribution in [0.25, 0.3) is 0 Å². The zero-order valence-corrected chi connectivity index (χ0v) is 20.4. The summed E-state index contributed by atoms with van der Waals surface area (Å²) in [5.41, 5.74) is 12.0. The van der Waals surface area contributed by atoms with E-state index < -0.39 is 54.0 Å². The standard InChI is InChI=1S/C22H35N5O7S/c1-12(28)18(21(32)25-16(22(33)34)4-2-3-9-23)27-20(31)17(11-35)26-19(30)15(24)10-13-5-7-14(29)8-6-13/h5-8,12,15-18,28-29,35H,2-4,9-11,23-24H2,1H3,(H,25,32)(H,26,30)(H,27,31)(H,33,34). The Morgan fingerprint density at radius 1 is 0.971 bits per heavy atom. The lowest BCUT2D eigenvalue weighted by Gasteiger charge is -2.26. The lowest BCUT2D eigenvalue weighted by Crippen LogP contribution is -2.60. The monoisotopic (exact) mass is 513 g/mol. The molecule has 1 aromatic rings. The first-order chi connectivity index (χ1) is 16.5. The molecule has 1 aromatic carbocycles. The molecule has 0 spiro atoms. The number of phenols is 1. The Morgan fingerprint density at radius 3 is 2.09 bits per heavy atom. The molecule has 35 heavy (non-hydrogen) atoms. The summed E-state index contributed by atoms with van der Waals surface area (Å²) in [4.78, 5) is 49.3. The first-order valence-corrected chi connectivity index (χ1v) is 11.8. The molecule has 12 nitrogen and oxygen atoms in total. The first kappa shape index (κ1) is 30.2. The molecule has 0 saturated carbocycles. The van der Waals surface area contributed by atoms with Crippen molar-refractivity contribution in [2.75, 3.05) is 12.3 Å². The second-order valence-corrected chi connectivity index (χ2v) is 8.50. The van der Waals surface area contributed by atoms with Crippen molar-refractivity contribution in [2.24, 2.45) is 11.5 Å². The quantitative estimate of drug-likeness (QED) is 0.0957. The number of aliphatic carboxylic acids is 1. The van der Waals surface area contributed by atoms with Crippen molar-refractivity contribution in [2.45, 2.75) is 62.9 Å². The highest BCUT2D eigenvalue weighted by molar-refractivity contribution is 7.80. The fourth-order valence-corrected chi connectivity index (χ4v) is 3.38. The molecule has 10 N–H and O–H groups in total. The molecular formula is C22H35N5O7S. The van der Waals surface area contributed by atoms with Crippen molar-refractivity contribution in [3.8, 4) is 5.75 Å². The molecule has 0 saturated heterocycles. The van der Waals surface area contributed by atoms with Crippen LogP contribution in [-0.4, -0.2) is 81.6 Å². The van der Waals surface area contributed by atoms with Crippen molar-refractivity contribution in [3.05, 3.63) is 29.8 Å². The summed E-state index contributed by atoms with van der Waals surface area (Å²) in [7, 11) is 0. The number of carboxylic acid groups (broad SMARTS) is 1. The highest BCUT2D eigenvalue weighted by Gasteiger charge is 2.32. The zero-order chi connectivity index (χ0) is 26.5. The second-order valence-electron chi connectivity index (χ2n) is 8.13. The van der Waals surface area contributed by atoms with Gasteiger partial charge in [0.25, 0.3) is 0 Å². The lowest BCUT2D eigenvalue weighted by atomic mass is 10.1. The lowest BCUT2D eigenvalue weighted by molar-refractivity contribution is -0.143. The summed E-state index contributed by atoms with van der Waals surface area (Å²) in [6.45, 7) is 1.64. The van der Waals surface area contributed by atoms with Gasteiger partial charge in [0.2, 0.25) is 17.7 Å². The number of hydrogen-bond acceptors (Lipinski definition) is 9. The molecule has 0 radical (unpaired) electrons. The molecule has 5 atom stereocenters. The number of thiol groups is 1. The number of phenolic OH excluding ortho intramolecular Hbond substituents is 1. The van der Waals surface area contributed by atoms with E-state index in [0.29, 0.717) is 24.9 Å². The summed E-state index contributed by atoms with van der Waals surface area (Å²) in [6.07, 6.45) is -0.0312. The van der Waals surface area contributed by atoms with E-state index in [9.17, 15) is 34.5 Å². The molecule has 0 heterocycles. The van der Waals surface area contributed by atoms with Crippen LogP contribution in [0.15, 0.2) is 24.3 Å². The van der Waals surface area contributed by atoms with E-state index in [1.165, 1.54) is 19.1 Å². The summed E-state index contributed by atoms with van der Waals surface area (Å²) in [5.74, 6) is -3.65. The van der Waals surface area contributed by atoms with E-state index in [4.69, 9.17) is 11.5 Å². The van der Waals surface area contributed by atoms with Gasteiger partial charge in [0, 0.05) is 5.75 Å². The van der Waals surface area contributed by atoms with Gasteiger partial charge in [-0.1, -0.05) is 12.1 Å². The van der Waals surface area contributed by atoms with Crippen LogP contribution in [0.3, 0.4) is 0 Å². The number of rotatable bonds is 15. The van der Waals surface area contributed by atoms with Crippen LogP contribution >= 0.6 is 12.6 Å². The molecule has 0 fully saturated rings. The Balaban J connectivity index is 2.77. The number of unbranched alkanes of at least 4 members (excludes halogenated alkanes) is 1. The minimum atomic E-state index is -1.47. The Kier molecular flexibility index (Phi) is 13.1. The molecular weight excluding hydrogens is 478 g/mol. The number of nitrogens with one attached hydrogen (secondary N) is 3. The maximum atomic E-state index is 12.7. The van der Waals surface area contributed by atoms with E-state index in [0.717, 1.165) is 0 Å². The Bertz CT molecular complexity index is 853. The molecule has 0 aliphatic rings. The molecule has 0 aromatic heterocycles. The normalized spacial score (nSPS) is 15.2. The van der Waals surface area contributed by atoms with Gasteiger partial charge >= 0.3 is 5.97 Å². The van der Waals surface area contributed by atoms with Gasteiger partial charge < -0.3 is 42.7 Å². The number of aliphatic hydroxyl groups excluding tert-OH is 1. The van der Waals surface area contributed by atoms with Crippen LogP contribution in [0.1, 0.15) is 31.7 Å². The average Bonchev–Trinajstić information content (AvgIpc) is 2.80. The average molecular weight is 514 g/mol. The van der Waals surface area contributed by atoms with Crippen LogP contribution in [-0.2, 0) is 25.6 Å². The van der Waals surface area contributed by atoms with Crippen LogP contribution in [0, 0.1) is 0 Å². The fourth-order valence-electron chi connectivity index (χ4n) is 3.12. The van der Waals surface area contributed by atoms with Gasteiger partial charge in [-0.2, -0.15) is 12.6 Å². The number of aliphatic hydroxyl groups is 1. The molecule has 0 aliphatic carbocycles. The topological polar surface area (TPSA) is 217 Å². The third kappa shape index (κ3) is 10.5. The van der Waals surface area contributed by atoms with Crippen LogP contribution in [0.5, 0.6) is 5.75 Å². The van der Waals surface area contributed by atoms with Gasteiger partial charge in [-0.3, -0.25) is 14.4 Å².